The Kier molecular flexibility index (Phi) is 4.22. The predicted molar refractivity (Wildman–Crippen MR) is 67.4 cm³/mol. The molecule has 0 aliphatic carbocycles. The number of hydrogen-bond donors (Lipinski definition) is 1. The molecule has 0 amide bonds. The Morgan fingerprint density at radius 2 is 2.00 bits per heavy atom. The minimum atomic E-state index is 0. The van der Waals surface area contributed by atoms with Crippen molar-refractivity contribution in [3.63, 3.8) is 0 Å². The first-order valence-electron chi connectivity index (χ1n) is 5.74. The van der Waals surface area contributed by atoms with E-state index in [1.165, 1.54) is 0 Å². The Morgan fingerprint density at radius 1 is 1.17 bits per heavy atom. The molecule has 1 fully saturated rings. The van der Waals surface area contributed by atoms with Crippen LogP contribution in [0.2, 0.25) is 0 Å². The topological polar surface area (TPSA) is 76.7 Å². The van der Waals surface area contributed by atoms with Crippen molar-refractivity contribution in [1.82, 2.24) is 25.5 Å². The summed E-state index contributed by atoms with van der Waals surface area (Å²) < 4.78 is 5.66. The maximum Gasteiger partial charge on any atom is 0.267 e. The van der Waals surface area contributed by atoms with E-state index >= 15 is 0 Å². The lowest BCUT2D eigenvalue weighted by Crippen LogP contribution is -2.26. The molecule has 3 heterocycles. The first kappa shape index (κ1) is 12.9. The van der Waals surface area contributed by atoms with Gasteiger partial charge in [0, 0.05) is 18.3 Å². The van der Waals surface area contributed by atoms with Crippen LogP contribution in [0.25, 0.3) is 11.6 Å². The molecule has 1 saturated heterocycles. The normalized spacial score (nSPS) is 16.2. The zero-order valence-corrected chi connectivity index (χ0v) is 10.6. The standard InChI is InChI=1S/C11H13N5O.ClH/c1-3-12-4-2-8(1)10-15-16-11(17-10)9-7-13-5-6-14-9;/h5-8,12H,1-4H2;1H. The lowest BCUT2D eigenvalue weighted by Gasteiger charge is -2.18. The fourth-order valence-electron chi connectivity index (χ4n) is 1.98. The molecule has 0 saturated carbocycles. The molecule has 2 aromatic heterocycles. The molecular formula is C11H14ClN5O. The number of rotatable bonds is 2. The molecule has 3 rings (SSSR count). The van der Waals surface area contributed by atoms with Gasteiger partial charge >= 0.3 is 0 Å². The molecule has 6 nitrogen and oxygen atoms in total. The highest BCUT2D eigenvalue weighted by atomic mass is 35.5. The van der Waals surface area contributed by atoms with E-state index in [0.29, 0.717) is 23.4 Å². The maximum absolute atomic E-state index is 5.66. The summed E-state index contributed by atoms with van der Waals surface area (Å²) in [5, 5.41) is 11.4. The van der Waals surface area contributed by atoms with E-state index in [0.717, 1.165) is 25.9 Å². The average molecular weight is 268 g/mol. The molecule has 0 spiro atoms. The predicted octanol–water partition coefficient (Wildman–Crippen LogP) is 1.42. The molecule has 0 bridgehead atoms. The zero-order chi connectivity index (χ0) is 11.5. The highest BCUT2D eigenvalue weighted by Crippen LogP contribution is 2.25. The number of halogens is 1. The van der Waals surface area contributed by atoms with E-state index in [1.807, 2.05) is 0 Å². The summed E-state index contributed by atoms with van der Waals surface area (Å²) in [5.74, 6) is 1.54. The van der Waals surface area contributed by atoms with Crippen molar-refractivity contribution in [1.29, 1.82) is 0 Å². The van der Waals surface area contributed by atoms with Crippen molar-refractivity contribution < 1.29 is 4.42 Å². The van der Waals surface area contributed by atoms with Crippen LogP contribution < -0.4 is 5.32 Å². The lowest BCUT2D eigenvalue weighted by atomic mass is 9.98. The summed E-state index contributed by atoms with van der Waals surface area (Å²) in [5.41, 5.74) is 0.625. The molecule has 0 atom stereocenters. The number of nitrogens with zero attached hydrogens (tertiary/aromatic N) is 4. The quantitative estimate of drug-likeness (QED) is 0.887. The number of nitrogens with one attached hydrogen (secondary N) is 1. The zero-order valence-electron chi connectivity index (χ0n) is 9.74. The van der Waals surface area contributed by atoms with Crippen molar-refractivity contribution in [3.05, 3.63) is 24.5 Å². The van der Waals surface area contributed by atoms with Crippen LogP contribution in [0.1, 0.15) is 24.7 Å². The molecule has 1 aliphatic heterocycles. The van der Waals surface area contributed by atoms with Gasteiger partial charge in [0.1, 0.15) is 5.69 Å². The van der Waals surface area contributed by atoms with Crippen molar-refractivity contribution >= 4 is 12.4 Å². The van der Waals surface area contributed by atoms with Crippen LogP contribution >= 0.6 is 12.4 Å². The van der Waals surface area contributed by atoms with Gasteiger partial charge in [-0.1, -0.05) is 0 Å². The van der Waals surface area contributed by atoms with Crippen LogP contribution in [0.15, 0.2) is 23.0 Å². The van der Waals surface area contributed by atoms with Gasteiger partial charge in [0.25, 0.3) is 5.89 Å². The molecule has 1 aliphatic rings. The Morgan fingerprint density at radius 3 is 2.72 bits per heavy atom. The molecule has 7 heteroatoms. The van der Waals surface area contributed by atoms with Gasteiger partial charge in [0.15, 0.2) is 0 Å². The van der Waals surface area contributed by atoms with E-state index < -0.39 is 0 Å². The second-order valence-corrected chi connectivity index (χ2v) is 4.06. The first-order chi connectivity index (χ1) is 8.43. The smallest absolute Gasteiger partial charge is 0.267 e. The second kappa shape index (κ2) is 5.88. The monoisotopic (exact) mass is 267 g/mol. The summed E-state index contributed by atoms with van der Waals surface area (Å²) in [6, 6.07) is 0. The molecule has 1 N–H and O–H groups in total. The van der Waals surface area contributed by atoms with Crippen LogP contribution in [-0.2, 0) is 0 Å². The van der Waals surface area contributed by atoms with Crippen molar-refractivity contribution in [2.45, 2.75) is 18.8 Å². The minimum Gasteiger partial charge on any atom is -0.419 e. The SMILES string of the molecule is Cl.c1cnc(-c2nnc(C3CCNCC3)o2)cn1. The van der Waals surface area contributed by atoms with Crippen LogP contribution in [0.5, 0.6) is 0 Å². The van der Waals surface area contributed by atoms with Crippen molar-refractivity contribution in [2.24, 2.45) is 0 Å². The van der Waals surface area contributed by atoms with Gasteiger partial charge in [0.05, 0.1) is 6.20 Å². The third kappa shape index (κ3) is 2.65. The van der Waals surface area contributed by atoms with Crippen molar-refractivity contribution in [3.8, 4) is 11.6 Å². The largest absolute Gasteiger partial charge is 0.419 e. The number of aromatic nitrogens is 4. The molecule has 0 radical (unpaired) electrons. The van der Waals surface area contributed by atoms with E-state index in [-0.39, 0.29) is 12.4 Å². The first-order valence-corrected chi connectivity index (χ1v) is 5.74. The number of piperidine rings is 1. The lowest BCUT2D eigenvalue weighted by molar-refractivity contribution is 0.378. The molecular weight excluding hydrogens is 254 g/mol. The summed E-state index contributed by atoms with van der Waals surface area (Å²) >= 11 is 0. The van der Waals surface area contributed by atoms with Gasteiger partial charge in [-0.2, -0.15) is 0 Å². The molecule has 18 heavy (non-hydrogen) atoms. The van der Waals surface area contributed by atoms with Gasteiger partial charge in [-0.05, 0) is 25.9 Å². The van der Waals surface area contributed by atoms with Crippen LogP contribution in [0.3, 0.4) is 0 Å². The highest BCUT2D eigenvalue weighted by Gasteiger charge is 2.21. The molecule has 0 unspecified atom stereocenters. The fraction of sp³-hybridized carbons (Fsp3) is 0.455. The highest BCUT2D eigenvalue weighted by molar-refractivity contribution is 5.85. The Labute approximate surface area is 111 Å². The van der Waals surface area contributed by atoms with Gasteiger partial charge in [0.2, 0.25) is 5.89 Å². The summed E-state index contributed by atoms with van der Waals surface area (Å²) in [4.78, 5) is 8.12. The summed E-state index contributed by atoms with van der Waals surface area (Å²) in [6.07, 6.45) is 6.95. The van der Waals surface area contributed by atoms with E-state index in [1.54, 1.807) is 18.6 Å². The molecule has 96 valence electrons. The average Bonchev–Trinajstić information content (AvgIpc) is 2.90. The summed E-state index contributed by atoms with van der Waals surface area (Å²) in [7, 11) is 0. The minimum absolute atomic E-state index is 0. The third-order valence-electron chi connectivity index (χ3n) is 2.91. The Balaban J connectivity index is 0.00000120. The molecule has 0 aromatic carbocycles. The summed E-state index contributed by atoms with van der Waals surface area (Å²) in [6.45, 7) is 2.01. The van der Waals surface area contributed by atoms with Gasteiger partial charge in [-0.15, -0.1) is 22.6 Å². The Hall–Kier alpha value is -1.53. The van der Waals surface area contributed by atoms with Crippen LogP contribution in [0, 0.1) is 0 Å². The van der Waals surface area contributed by atoms with Gasteiger partial charge < -0.3 is 9.73 Å². The van der Waals surface area contributed by atoms with Crippen molar-refractivity contribution in [2.75, 3.05) is 13.1 Å². The van der Waals surface area contributed by atoms with Gasteiger partial charge in [-0.25, -0.2) is 4.98 Å². The van der Waals surface area contributed by atoms with E-state index in [9.17, 15) is 0 Å². The third-order valence-corrected chi connectivity index (χ3v) is 2.91. The second-order valence-electron chi connectivity index (χ2n) is 4.06. The number of hydrogen-bond acceptors (Lipinski definition) is 6. The van der Waals surface area contributed by atoms with Gasteiger partial charge in [-0.3, -0.25) is 4.98 Å². The fourth-order valence-corrected chi connectivity index (χ4v) is 1.98. The molecule has 2 aromatic rings. The maximum atomic E-state index is 5.66. The Bertz CT molecular complexity index is 483. The van der Waals surface area contributed by atoms with Crippen LogP contribution in [-0.4, -0.2) is 33.3 Å². The van der Waals surface area contributed by atoms with E-state index in [2.05, 4.69) is 25.5 Å². The van der Waals surface area contributed by atoms with Crippen LogP contribution in [0.4, 0.5) is 0 Å². The van der Waals surface area contributed by atoms with E-state index in [4.69, 9.17) is 4.42 Å².